The lowest BCUT2D eigenvalue weighted by molar-refractivity contribution is -0.657. The van der Waals surface area contributed by atoms with Gasteiger partial charge in [0, 0.05) is 86.4 Å². The fourth-order valence-corrected chi connectivity index (χ4v) is 15.4. The van der Waals surface area contributed by atoms with Crippen molar-refractivity contribution in [3.05, 3.63) is 136 Å². The Morgan fingerprint density at radius 1 is 0.381 bits per heavy atom. The first-order valence-corrected chi connectivity index (χ1v) is 36.9. The van der Waals surface area contributed by atoms with Gasteiger partial charge in [-0.25, -0.2) is 64.7 Å². The van der Waals surface area contributed by atoms with Crippen molar-refractivity contribution >= 4 is 128 Å². The number of para-hydroxylation sites is 3. The summed E-state index contributed by atoms with van der Waals surface area (Å²) in [7, 11) is 13.2. The zero-order valence-electron chi connectivity index (χ0n) is 59.2. The summed E-state index contributed by atoms with van der Waals surface area (Å²) >= 11 is 4.42. The number of azo groups is 5. The Labute approximate surface area is 609 Å². The van der Waals surface area contributed by atoms with E-state index in [1.54, 1.807) is 37.3 Å². The van der Waals surface area contributed by atoms with Gasteiger partial charge in [-0.05, 0) is 138 Å². The van der Waals surface area contributed by atoms with E-state index in [1.165, 1.54) is 43.4 Å². The molecule has 0 unspecified atom stereocenters. The highest BCUT2D eigenvalue weighted by molar-refractivity contribution is 7.21. The number of anilines is 3. The predicted molar refractivity (Wildman–Crippen MR) is 392 cm³/mol. The van der Waals surface area contributed by atoms with E-state index in [-0.39, 0.29) is 68.0 Å². The molecule has 0 saturated carbocycles. The molecule has 40 heteroatoms. The highest BCUT2D eigenvalue weighted by atomic mass is 32.1. The summed E-state index contributed by atoms with van der Waals surface area (Å²) in [6.07, 6.45) is 17.3. The van der Waals surface area contributed by atoms with Crippen LogP contribution in [-0.2, 0) is 115 Å². The largest absolute Gasteiger partial charge is 0.492 e. The number of aromatic nitrogens is 17. The highest BCUT2D eigenvalue weighted by Crippen LogP contribution is 2.33. The number of aromatic hydroxyl groups is 2. The lowest BCUT2D eigenvalue weighted by atomic mass is 10.3. The molecular formula is C65H83N30O7S3+5. The van der Waals surface area contributed by atoms with Crippen LogP contribution in [0, 0.1) is 0 Å². The first kappa shape index (κ1) is 71.7. The van der Waals surface area contributed by atoms with Crippen LogP contribution < -0.4 is 67.8 Å². The molecule has 0 aliphatic carbocycles. The molecule has 0 saturated heterocycles. The van der Waals surface area contributed by atoms with Crippen molar-refractivity contribution in [2.24, 2.45) is 100 Å². The van der Waals surface area contributed by atoms with Crippen LogP contribution in [0.15, 0.2) is 159 Å². The molecule has 0 bridgehead atoms. The first-order chi connectivity index (χ1) is 50.7. The van der Waals surface area contributed by atoms with Crippen LogP contribution in [0.1, 0.15) is 64.2 Å². The lowest BCUT2D eigenvalue weighted by Crippen LogP contribution is -2.27. The summed E-state index contributed by atoms with van der Waals surface area (Å²) in [6.45, 7) is 6.85. The van der Waals surface area contributed by atoms with Crippen molar-refractivity contribution in [2.45, 2.75) is 130 Å². The van der Waals surface area contributed by atoms with E-state index in [0.29, 0.717) is 80.3 Å². The van der Waals surface area contributed by atoms with Gasteiger partial charge in [-0.2, -0.15) is 0 Å². The average Bonchev–Trinajstić information content (AvgIpc) is 1.65. The summed E-state index contributed by atoms with van der Waals surface area (Å²) in [5.41, 5.74) is 20.9. The minimum Gasteiger partial charge on any atom is -0.492 e. The first-order valence-electron chi connectivity index (χ1n) is 34.3. The molecule has 12 aromatic rings. The molecule has 548 valence electrons. The van der Waals surface area contributed by atoms with Gasteiger partial charge in [-0.3, -0.25) is 38.0 Å². The predicted octanol–water partition coefficient (Wildman–Crippen LogP) is 7.74. The fourth-order valence-electron chi connectivity index (χ4n) is 13.1. The fraction of sp³-hybridized carbons (Fsp3) is 0.415. The minimum atomic E-state index is -0.294. The number of nitrogens with zero attached hydrogens (tertiary/aromatic N) is 27. The molecule has 0 fully saturated rings. The molecular weight excluding hydrogens is 1410 g/mol. The van der Waals surface area contributed by atoms with Gasteiger partial charge in [0.1, 0.15) is 28.9 Å². The molecule has 0 amide bonds. The number of nitrogen functional groups attached to an aromatic ring is 3. The van der Waals surface area contributed by atoms with Crippen LogP contribution in [0.5, 0.6) is 11.8 Å². The molecule has 5 aliphatic rings. The molecule has 17 rings (SSSR count). The van der Waals surface area contributed by atoms with E-state index in [1.807, 2.05) is 165 Å². The Morgan fingerprint density at radius 2 is 0.733 bits per heavy atom. The second kappa shape index (κ2) is 30.7. The molecule has 37 nitrogen and oxygen atoms in total. The summed E-state index contributed by atoms with van der Waals surface area (Å²) in [5.74, 6) is 2.27. The van der Waals surface area contributed by atoms with Gasteiger partial charge in [0.05, 0.1) is 81.8 Å². The lowest BCUT2D eigenvalue weighted by Gasteiger charge is -2.17. The zero-order valence-corrected chi connectivity index (χ0v) is 61.6. The quantitative estimate of drug-likeness (QED) is 0.0654. The second-order valence-electron chi connectivity index (χ2n) is 25.6. The third-order valence-electron chi connectivity index (χ3n) is 18.8. The van der Waals surface area contributed by atoms with Crippen LogP contribution in [0.4, 0.5) is 73.2 Å². The minimum absolute atomic E-state index is 0.00200. The van der Waals surface area contributed by atoms with Crippen molar-refractivity contribution in [3.8, 4) is 11.8 Å². The van der Waals surface area contributed by atoms with Crippen LogP contribution in [-0.4, -0.2) is 66.2 Å². The number of benzene rings is 2. The molecule has 0 radical (unpaired) electrons. The second-order valence-corrected chi connectivity index (χ2v) is 28.3. The third-order valence-corrected chi connectivity index (χ3v) is 21.6. The van der Waals surface area contributed by atoms with Crippen molar-refractivity contribution in [1.29, 1.82) is 0 Å². The van der Waals surface area contributed by atoms with E-state index in [4.69, 9.17) is 17.2 Å². The van der Waals surface area contributed by atoms with E-state index in [0.717, 1.165) is 115 Å². The monoisotopic (exact) mass is 1490 g/mol. The Kier molecular flexibility index (Phi) is 21.0. The van der Waals surface area contributed by atoms with Gasteiger partial charge in [0.2, 0.25) is 40.2 Å². The smallest absolute Gasteiger partial charge is 0.422 e. The Hall–Kier alpha value is -11.7. The number of aryl methyl sites for hydroxylation is 7. The Morgan fingerprint density at radius 3 is 1.12 bits per heavy atom. The van der Waals surface area contributed by atoms with E-state index < -0.39 is 0 Å². The van der Waals surface area contributed by atoms with Crippen LogP contribution in [0.2, 0.25) is 0 Å². The maximum atomic E-state index is 12.4. The van der Waals surface area contributed by atoms with E-state index in [9.17, 15) is 34.2 Å². The van der Waals surface area contributed by atoms with Gasteiger partial charge >= 0.3 is 32.9 Å². The highest BCUT2D eigenvalue weighted by Gasteiger charge is 2.29. The number of thiazole rings is 3. The Bertz CT molecular complexity index is 5550. The van der Waals surface area contributed by atoms with Crippen LogP contribution in [0.25, 0.3) is 21.3 Å². The standard InChI is InChI=1S/C16H18N6O2.C15H16N6OS.C12H17N7O.C11H14N6OS.C11H13N5O2S/c1-19-11-7-3-4-8-12(11)20(2)16(19)18-17-13-14(23)21-9-5-6-10-22(21)15(13)24;1-19-10-6-2-3-7-11(10)23-15(19)18-17-12-13(16)20-8-4-5-9-21(20)14(12)22;1-16-7-8-17(2)12(16)15-14-9-10(13)18-5-3-4-6-19(18)11(9)20;1-15-6-7-19-11(15)14-13-8-9(12)16-4-2-3-5-17(16)10(8)18;1-14-6-7-19-11(14)13-12-8-9(17)15-4-2-3-5-16(15)10(8)18/h3-4,7-8H,5-6,9-10H2,1-2H3;2-3,6-7,16H,4-5,8-9H2,1H3;7-8,13H,3-6H2,1-2H3;6-7,12H,2-5H2,1H3;6-7H,2-5H2,1H3/p+5. The van der Waals surface area contributed by atoms with Gasteiger partial charge in [-0.1, -0.05) is 34.5 Å². The number of fused-ring (bicyclic) bond motifs is 7. The van der Waals surface area contributed by atoms with E-state index in [2.05, 4.69) is 51.1 Å². The molecule has 8 N–H and O–H groups in total. The maximum absolute atomic E-state index is 12.4. The number of imidazole rings is 2. The molecule has 2 aromatic carbocycles. The summed E-state index contributed by atoms with van der Waals surface area (Å²) in [5, 5.41) is 67.3. The van der Waals surface area contributed by atoms with Gasteiger partial charge < -0.3 is 27.4 Å². The number of rotatable bonds is 10. The van der Waals surface area contributed by atoms with E-state index >= 15 is 0 Å². The molecule has 15 heterocycles. The topological polar surface area (TPSA) is 406 Å². The van der Waals surface area contributed by atoms with Crippen LogP contribution >= 0.6 is 34.0 Å². The van der Waals surface area contributed by atoms with Crippen molar-refractivity contribution < 1.29 is 33.0 Å². The van der Waals surface area contributed by atoms with Crippen molar-refractivity contribution in [3.63, 3.8) is 0 Å². The molecule has 5 aliphatic heterocycles. The number of hydrogen-bond donors (Lipinski definition) is 5. The van der Waals surface area contributed by atoms with Gasteiger partial charge in [0.15, 0.2) is 17.5 Å². The SMILES string of the molecule is C[n+]1c(N=Nc2c(N)n3n(c2=O)CCCC3)sc2ccccc21.C[n+]1ccsc1N=Nc1c(N)n2n(c1=O)CCCC2.C[n+]1ccsc1N=Nc1c(O)n2n(c1=O)CCCC2.Cn1c(N=Nc2c(O)n3n(c2=O)CCCC3)[n+](C)c2ccccc21.Cn1cc[n+](C)c1N=Nc1c(N)n2n(c1=O)CCCC2. The summed E-state index contributed by atoms with van der Waals surface area (Å²) in [6, 6.07) is 16.0. The zero-order chi connectivity index (χ0) is 73.9. The normalized spacial score (nSPS) is 14.8. The van der Waals surface area contributed by atoms with Gasteiger partial charge in [0.25, 0.3) is 22.2 Å². The number of nitrogens with two attached hydrogens (primary N) is 3. The number of hydrogen-bond acceptors (Lipinski definition) is 23. The average molecular weight is 1490 g/mol. The Balaban J connectivity index is 0.000000117. The molecule has 10 aromatic heterocycles. The van der Waals surface area contributed by atoms with Crippen molar-refractivity contribution in [1.82, 2.24) is 56.0 Å². The van der Waals surface area contributed by atoms with Gasteiger partial charge in [-0.15, -0.1) is 0 Å². The summed E-state index contributed by atoms with van der Waals surface area (Å²) in [4.78, 5) is 61.4. The van der Waals surface area contributed by atoms with Crippen molar-refractivity contribution in [2.75, 3.05) is 17.2 Å². The van der Waals surface area contributed by atoms with Crippen LogP contribution in [0.3, 0.4) is 0 Å². The molecule has 105 heavy (non-hydrogen) atoms. The molecule has 0 atom stereocenters. The third kappa shape index (κ3) is 14.1. The maximum Gasteiger partial charge on any atom is 0.422 e. The molecule has 0 spiro atoms. The summed E-state index contributed by atoms with van der Waals surface area (Å²) < 4.78 is 30.8.